The second kappa shape index (κ2) is 5.46. The molecule has 1 heterocycles. The molecule has 7 nitrogen and oxygen atoms in total. The quantitative estimate of drug-likeness (QED) is 0.657. The molecule has 0 aromatic heterocycles. The summed E-state index contributed by atoms with van der Waals surface area (Å²) >= 11 is 0. The summed E-state index contributed by atoms with van der Waals surface area (Å²) in [6.45, 7) is 3.24. The zero-order valence-corrected chi connectivity index (χ0v) is 10.0. The van der Waals surface area contributed by atoms with E-state index in [1.807, 2.05) is 4.90 Å². The number of sulfonamides is 1. The molecule has 0 aliphatic carbocycles. The van der Waals surface area contributed by atoms with Crippen LogP contribution in [-0.4, -0.2) is 74.9 Å². The molecule has 0 spiro atoms. The molecule has 1 aliphatic heterocycles. The average molecular weight is 251 g/mol. The van der Waals surface area contributed by atoms with Gasteiger partial charge in [0.05, 0.1) is 6.26 Å². The zero-order valence-electron chi connectivity index (χ0n) is 9.22. The van der Waals surface area contributed by atoms with Gasteiger partial charge in [-0.3, -0.25) is 4.90 Å². The minimum absolute atomic E-state index is 0.367. The summed E-state index contributed by atoms with van der Waals surface area (Å²) < 4.78 is 24.0. The number of nitrogens with one attached hydrogen (secondary N) is 1. The molecule has 1 fully saturated rings. The van der Waals surface area contributed by atoms with E-state index in [1.54, 1.807) is 0 Å². The minimum Gasteiger partial charge on any atom is -0.465 e. The highest BCUT2D eigenvalue weighted by Gasteiger charge is 2.19. The van der Waals surface area contributed by atoms with Crippen molar-refractivity contribution >= 4 is 16.1 Å². The predicted octanol–water partition coefficient (Wildman–Crippen LogP) is -1.17. The first-order chi connectivity index (χ1) is 7.38. The normalized spacial score (nSPS) is 18.7. The SMILES string of the molecule is CS(=O)(=O)NCCN1CCN(C(=O)O)CC1. The number of hydrogen-bond acceptors (Lipinski definition) is 4. The van der Waals surface area contributed by atoms with Crippen molar-refractivity contribution in [3.8, 4) is 0 Å². The molecule has 0 radical (unpaired) electrons. The van der Waals surface area contributed by atoms with Crippen LogP contribution < -0.4 is 4.72 Å². The molecule has 1 saturated heterocycles. The van der Waals surface area contributed by atoms with Crippen LogP contribution in [0.15, 0.2) is 0 Å². The third kappa shape index (κ3) is 4.77. The maximum absolute atomic E-state index is 10.8. The highest BCUT2D eigenvalue weighted by atomic mass is 32.2. The first-order valence-corrected chi connectivity index (χ1v) is 6.92. The zero-order chi connectivity index (χ0) is 12.2. The fourth-order valence-electron chi connectivity index (χ4n) is 1.55. The molecule has 2 N–H and O–H groups in total. The first kappa shape index (κ1) is 13.2. The monoisotopic (exact) mass is 251 g/mol. The summed E-state index contributed by atoms with van der Waals surface area (Å²) in [5.41, 5.74) is 0. The molecule has 8 heteroatoms. The highest BCUT2D eigenvalue weighted by molar-refractivity contribution is 7.88. The third-order valence-electron chi connectivity index (χ3n) is 2.44. The molecule has 1 aliphatic rings. The summed E-state index contributed by atoms with van der Waals surface area (Å²) in [6, 6.07) is 0. The number of amides is 1. The van der Waals surface area contributed by atoms with Crippen LogP contribution in [0.5, 0.6) is 0 Å². The van der Waals surface area contributed by atoms with Crippen LogP contribution >= 0.6 is 0 Å². The van der Waals surface area contributed by atoms with Crippen LogP contribution in [0.2, 0.25) is 0 Å². The van der Waals surface area contributed by atoms with Crippen molar-refractivity contribution in [1.82, 2.24) is 14.5 Å². The van der Waals surface area contributed by atoms with Gasteiger partial charge in [0.2, 0.25) is 10.0 Å². The van der Waals surface area contributed by atoms with Gasteiger partial charge in [-0.15, -0.1) is 0 Å². The number of hydrogen-bond donors (Lipinski definition) is 2. The van der Waals surface area contributed by atoms with Gasteiger partial charge in [-0.1, -0.05) is 0 Å². The average Bonchev–Trinajstić information content (AvgIpc) is 2.16. The van der Waals surface area contributed by atoms with E-state index < -0.39 is 16.1 Å². The van der Waals surface area contributed by atoms with Crippen molar-refractivity contribution in [2.45, 2.75) is 0 Å². The first-order valence-electron chi connectivity index (χ1n) is 5.03. The Morgan fingerprint density at radius 3 is 2.31 bits per heavy atom. The molecular weight excluding hydrogens is 234 g/mol. The van der Waals surface area contributed by atoms with Crippen molar-refractivity contribution in [2.24, 2.45) is 0 Å². The number of carboxylic acid groups (broad SMARTS) is 1. The minimum atomic E-state index is -3.13. The van der Waals surface area contributed by atoms with Gasteiger partial charge in [0, 0.05) is 39.3 Å². The smallest absolute Gasteiger partial charge is 0.407 e. The van der Waals surface area contributed by atoms with Crippen molar-refractivity contribution in [2.75, 3.05) is 45.5 Å². The predicted molar refractivity (Wildman–Crippen MR) is 58.9 cm³/mol. The van der Waals surface area contributed by atoms with E-state index in [0.717, 1.165) is 6.26 Å². The van der Waals surface area contributed by atoms with Crippen LogP contribution in [0, 0.1) is 0 Å². The van der Waals surface area contributed by atoms with Gasteiger partial charge in [0.25, 0.3) is 0 Å². The van der Waals surface area contributed by atoms with Gasteiger partial charge in [-0.25, -0.2) is 17.9 Å². The van der Waals surface area contributed by atoms with E-state index in [-0.39, 0.29) is 0 Å². The summed E-state index contributed by atoms with van der Waals surface area (Å²) in [5.74, 6) is 0. The third-order valence-corrected chi connectivity index (χ3v) is 3.16. The van der Waals surface area contributed by atoms with Crippen LogP contribution in [0.3, 0.4) is 0 Å². The van der Waals surface area contributed by atoms with Crippen LogP contribution in [0.4, 0.5) is 4.79 Å². The molecule has 0 atom stereocenters. The van der Waals surface area contributed by atoms with Gasteiger partial charge in [0.15, 0.2) is 0 Å². The molecule has 0 unspecified atom stereocenters. The Balaban J connectivity index is 2.20. The number of rotatable bonds is 4. The standard InChI is InChI=1S/C8H17N3O4S/c1-16(14,15)9-2-3-10-4-6-11(7-5-10)8(12)13/h9H,2-7H2,1H3,(H,12,13). The Bertz CT molecular complexity index is 335. The second-order valence-electron chi connectivity index (χ2n) is 3.78. The number of nitrogens with zero attached hydrogens (tertiary/aromatic N) is 2. The topological polar surface area (TPSA) is 90.0 Å². The van der Waals surface area contributed by atoms with Gasteiger partial charge < -0.3 is 10.0 Å². The second-order valence-corrected chi connectivity index (χ2v) is 5.61. The van der Waals surface area contributed by atoms with Crippen LogP contribution in [-0.2, 0) is 10.0 Å². The number of piperazine rings is 1. The molecule has 0 aromatic rings. The van der Waals surface area contributed by atoms with E-state index in [1.165, 1.54) is 4.90 Å². The van der Waals surface area contributed by atoms with Gasteiger partial charge in [-0.05, 0) is 0 Å². The molecule has 0 aromatic carbocycles. The van der Waals surface area contributed by atoms with Gasteiger partial charge in [-0.2, -0.15) is 0 Å². The number of carbonyl (C=O) groups is 1. The molecule has 1 amide bonds. The maximum atomic E-state index is 10.8. The Kier molecular flexibility index (Phi) is 4.51. The highest BCUT2D eigenvalue weighted by Crippen LogP contribution is 2.00. The molecule has 1 rings (SSSR count). The van der Waals surface area contributed by atoms with Gasteiger partial charge >= 0.3 is 6.09 Å². The Morgan fingerprint density at radius 2 is 1.88 bits per heavy atom. The molecule has 0 saturated carbocycles. The fourth-order valence-corrected chi connectivity index (χ4v) is 2.01. The fraction of sp³-hybridized carbons (Fsp3) is 0.875. The van der Waals surface area contributed by atoms with E-state index >= 15 is 0 Å². The Labute approximate surface area is 95.1 Å². The largest absolute Gasteiger partial charge is 0.465 e. The van der Waals surface area contributed by atoms with Crippen molar-refractivity contribution in [1.29, 1.82) is 0 Å². The van der Waals surface area contributed by atoms with E-state index in [4.69, 9.17) is 5.11 Å². The molecular formula is C8H17N3O4S. The summed E-state index contributed by atoms with van der Waals surface area (Å²) in [5, 5.41) is 8.72. The van der Waals surface area contributed by atoms with E-state index in [0.29, 0.717) is 39.3 Å². The maximum Gasteiger partial charge on any atom is 0.407 e. The molecule has 0 bridgehead atoms. The lowest BCUT2D eigenvalue weighted by molar-refractivity contribution is 0.106. The van der Waals surface area contributed by atoms with Crippen molar-refractivity contribution < 1.29 is 18.3 Å². The Hall–Kier alpha value is -0.860. The summed E-state index contributed by atoms with van der Waals surface area (Å²) in [7, 11) is -3.13. The lowest BCUT2D eigenvalue weighted by Gasteiger charge is -2.32. The summed E-state index contributed by atoms with van der Waals surface area (Å²) in [6.07, 6.45) is 0.226. The summed E-state index contributed by atoms with van der Waals surface area (Å²) in [4.78, 5) is 14.0. The van der Waals surface area contributed by atoms with Crippen molar-refractivity contribution in [3.63, 3.8) is 0 Å². The van der Waals surface area contributed by atoms with E-state index in [9.17, 15) is 13.2 Å². The lowest BCUT2D eigenvalue weighted by atomic mass is 10.3. The van der Waals surface area contributed by atoms with Crippen LogP contribution in [0.25, 0.3) is 0 Å². The van der Waals surface area contributed by atoms with Crippen molar-refractivity contribution in [3.05, 3.63) is 0 Å². The lowest BCUT2D eigenvalue weighted by Crippen LogP contribution is -2.49. The van der Waals surface area contributed by atoms with Gasteiger partial charge in [0.1, 0.15) is 0 Å². The molecule has 16 heavy (non-hydrogen) atoms. The van der Waals surface area contributed by atoms with E-state index in [2.05, 4.69) is 4.72 Å². The Morgan fingerprint density at radius 1 is 1.31 bits per heavy atom. The molecule has 94 valence electrons. The van der Waals surface area contributed by atoms with Crippen LogP contribution in [0.1, 0.15) is 0 Å².